The van der Waals surface area contributed by atoms with Crippen LogP contribution in [0.1, 0.15) is 12.8 Å². The monoisotopic (exact) mass is 178 g/mol. The number of aromatic nitrogens is 3. The third kappa shape index (κ3) is 1.58. The Balaban J connectivity index is 2.02. The second kappa shape index (κ2) is 3.62. The Morgan fingerprint density at radius 3 is 3.15 bits per heavy atom. The zero-order valence-electron chi connectivity index (χ0n) is 7.53. The summed E-state index contributed by atoms with van der Waals surface area (Å²) in [5.74, 6) is 0. The van der Waals surface area contributed by atoms with Crippen LogP contribution in [0.2, 0.25) is 0 Å². The van der Waals surface area contributed by atoms with Gasteiger partial charge < -0.3 is 5.73 Å². The molecule has 2 heterocycles. The van der Waals surface area contributed by atoms with Gasteiger partial charge >= 0.3 is 0 Å². The fourth-order valence-corrected chi connectivity index (χ4v) is 1.42. The molecule has 0 aliphatic rings. The van der Waals surface area contributed by atoms with Gasteiger partial charge in [0.15, 0.2) is 5.65 Å². The minimum Gasteiger partial charge on any atom is -0.330 e. The highest BCUT2D eigenvalue weighted by Gasteiger charge is 2.03. The highest BCUT2D eigenvalue weighted by Crippen LogP contribution is 2.11. The van der Waals surface area contributed by atoms with Crippen LogP contribution in [-0.2, 0) is 6.54 Å². The van der Waals surface area contributed by atoms with Crippen molar-refractivity contribution in [1.82, 2.24) is 14.8 Å². The number of nitrogens with zero attached hydrogens (tertiary/aromatic N) is 2. The van der Waals surface area contributed by atoms with Crippen molar-refractivity contribution in [3.63, 3.8) is 0 Å². The molecule has 0 saturated heterocycles. The highest BCUT2D eigenvalue weighted by molar-refractivity contribution is 5.71. The van der Waals surface area contributed by atoms with Crippen molar-refractivity contribution < 1.29 is 0 Å². The largest absolute Gasteiger partial charge is 0.330 e. The van der Waals surface area contributed by atoms with Gasteiger partial charge in [0.25, 0.3) is 0 Å². The first-order valence-corrected chi connectivity index (χ1v) is 4.61. The smallest absolute Gasteiger partial charge is 0.172 e. The molecule has 0 aliphatic heterocycles. The van der Waals surface area contributed by atoms with Crippen LogP contribution in [0.25, 0.3) is 11.2 Å². The number of aryl methyl sites for hydroxylation is 1. The average molecular weight is 178 g/mol. The Morgan fingerprint density at radius 1 is 1.46 bits per heavy atom. The minimum atomic E-state index is 0.767. The molecule has 4 heteroatoms. The quantitative estimate of drug-likeness (QED) is 0.689. The van der Waals surface area contributed by atoms with E-state index in [0.29, 0.717) is 0 Å². The SMILES string of the molecule is NCCCCn1[nH]c2cccnc21. The molecule has 2 aromatic rings. The molecule has 0 amide bonds. The number of hydrogen-bond donors (Lipinski definition) is 2. The Bertz CT molecular complexity index is 374. The topological polar surface area (TPSA) is 59.6 Å². The fraction of sp³-hybridized carbons (Fsp3) is 0.444. The predicted octanol–water partition coefficient (Wildman–Crippen LogP) is 1.10. The van der Waals surface area contributed by atoms with Gasteiger partial charge in [0.1, 0.15) is 0 Å². The van der Waals surface area contributed by atoms with E-state index in [1.807, 2.05) is 18.3 Å². The van der Waals surface area contributed by atoms with Gasteiger partial charge in [-0.3, -0.25) is 9.78 Å². The number of fused-ring (bicyclic) bond motifs is 1. The standard InChI is InChI=1S/C9H14N4/c10-5-1-2-7-13-9-8(12-13)4-3-6-11-9/h3-4,6,12H,1-2,5,7,10H2. The van der Waals surface area contributed by atoms with Gasteiger partial charge in [0, 0.05) is 12.7 Å². The first-order valence-electron chi connectivity index (χ1n) is 4.61. The van der Waals surface area contributed by atoms with E-state index >= 15 is 0 Å². The average Bonchev–Trinajstić information content (AvgIpc) is 2.13. The predicted molar refractivity (Wildman–Crippen MR) is 52.4 cm³/mol. The molecule has 0 spiro atoms. The van der Waals surface area contributed by atoms with E-state index in [4.69, 9.17) is 5.73 Å². The minimum absolute atomic E-state index is 0.767. The third-order valence-electron chi connectivity index (χ3n) is 2.13. The molecule has 0 aliphatic carbocycles. The van der Waals surface area contributed by atoms with Gasteiger partial charge in [-0.15, -0.1) is 0 Å². The second-order valence-corrected chi connectivity index (χ2v) is 3.13. The first kappa shape index (κ1) is 8.31. The van der Waals surface area contributed by atoms with Crippen LogP contribution in [0, 0.1) is 0 Å². The summed E-state index contributed by atoms with van der Waals surface area (Å²) in [4.78, 5) is 4.26. The van der Waals surface area contributed by atoms with Crippen molar-refractivity contribution >= 4 is 11.2 Å². The summed E-state index contributed by atoms with van der Waals surface area (Å²) >= 11 is 0. The summed E-state index contributed by atoms with van der Waals surface area (Å²) in [5, 5.41) is 3.21. The summed E-state index contributed by atoms with van der Waals surface area (Å²) in [6, 6.07) is 3.96. The van der Waals surface area contributed by atoms with Gasteiger partial charge in [-0.25, -0.2) is 4.98 Å². The van der Waals surface area contributed by atoms with E-state index in [1.54, 1.807) is 0 Å². The van der Waals surface area contributed by atoms with Gasteiger partial charge in [-0.2, -0.15) is 0 Å². The molecule has 2 aromatic heterocycles. The third-order valence-corrected chi connectivity index (χ3v) is 2.13. The van der Waals surface area contributed by atoms with E-state index < -0.39 is 0 Å². The fourth-order valence-electron chi connectivity index (χ4n) is 1.42. The zero-order valence-corrected chi connectivity index (χ0v) is 7.53. The lowest BCUT2D eigenvalue weighted by Crippen LogP contribution is -2.13. The molecule has 70 valence electrons. The number of aromatic amines is 1. The van der Waals surface area contributed by atoms with Crippen LogP contribution < -0.4 is 5.73 Å². The molecule has 0 atom stereocenters. The number of hydrogen-bond acceptors (Lipinski definition) is 2. The summed E-state index contributed by atoms with van der Waals surface area (Å²) in [6.45, 7) is 1.75. The normalized spacial score (nSPS) is 11.2. The Labute approximate surface area is 76.7 Å². The number of pyridine rings is 1. The van der Waals surface area contributed by atoms with Crippen molar-refractivity contribution in [3.05, 3.63) is 18.3 Å². The van der Waals surface area contributed by atoms with Gasteiger partial charge in [-0.1, -0.05) is 0 Å². The molecule has 3 N–H and O–H groups in total. The van der Waals surface area contributed by atoms with Gasteiger partial charge in [0.2, 0.25) is 0 Å². The van der Waals surface area contributed by atoms with Crippen LogP contribution in [-0.4, -0.2) is 21.3 Å². The lowest BCUT2D eigenvalue weighted by molar-refractivity contribution is 0.556. The van der Waals surface area contributed by atoms with E-state index in [9.17, 15) is 0 Å². The number of nitrogens with one attached hydrogen (secondary N) is 1. The Morgan fingerprint density at radius 2 is 2.38 bits per heavy atom. The van der Waals surface area contributed by atoms with E-state index in [-0.39, 0.29) is 0 Å². The molecular weight excluding hydrogens is 164 g/mol. The lowest BCUT2D eigenvalue weighted by Gasteiger charge is -2.14. The maximum atomic E-state index is 5.41. The summed E-state index contributed by atoms with van der Waals surface area (Å²) in [5.41, 5.74) is 7.59. The molecule has 0 bridgehead atoms. The van der Waals surface area contributed by atoms with Crippen LogP contribution >= 0.6 is 0 Å². The Kier molecular flexibility index (Phi) is 2.31. The van der Waals surface area contributed by atoms with E-state index in [1.165, 1.54) is 0 Å². The van der Waals surface area contributed by atoms with Crippen molar-refractivity contribution in [2.45, 2.75) is 19.4 Å². The highest BCUT2D eigenvalue weighted by atomic mass is 15.3. The number of unbranched alkanes of at least 4 members (excludes halogenated alkanes) is 1. The van der Waals surface area contributed by atoms with Crippen LogP contribution in [0.15, 0.2) is 18.3 Å². The maximum absolute atomic E-state index is 5.41. The van der Waals surface area contributed by atoms with Crippen LogP contribution in [0.5, 0.6) is 0 Å². The number of H-pyrrole nitrogens is 1. The zero-order chi connectivity index (χ0) is 9.10. The lowest BCUT2D eigenvalue weighted by atomic mass is 10.3. The van der Waals surface area contributed by atoms with Crippen LogP contribution in [0.3, 0.4) is 0 Å². The molecule has 0 radical (unpaired) electrons. The van der Waals surface area contributed by atoms with Crippen molar-refractivity contribution in [2.75, 3.05) is 6.54 Å². The van der Waals surface area contributed by atoms with Gasteiger partial charge in [-0.05, 0) is 31.5 Å². The van der Waals surface area contributed by atoms with Crippen molar-refractivity contribution in [1.29, 1.82) is 0 Å². The molecular formula is C9H14N4. The van der Waals surface area contributed by atoms with Crippen molar-refractivity contribution in [3.8, 4) is 0 Å². The number of rotatable bonds is 4. The molecule has 2 rings (SSSR count). The van der Waals surface area contributed by atoms with E-state index in [0.717, 1.165) is 37.1 Å². The van der Waals surface area contributed by atoms with Crippen LogP contribution in [0.4, 0.5) is 0 Å². The molecule has 0 unspecified atom stereocenters. The summed E-state index contributed by atoms with van der Waals surface area (Å²) in [6.07, 6.45) is 4.00. The first-order chi connectivity index (χ1) is 6.42. The molecule has 0 aromatic carbocycles. The van der Waals surface area contributed by atoms with Gasteiger partial charge in [0.05, 0.1) is 5.52 Å². The summed E-state index contributed by atoms with van der Waals surface area (Å²) < 4.78 is 2.06. The van der Waals surface area contributed by atoms with Crippen molar-refractivity contribution in [2.24, 2.45) is 5.73 Å². The Hall–Kier alpha value is -1.29. The summed E-state index contributed by atoms with van der Waals surface area (Å²) in [7, 11) is 0. The molecule has 0 fully saturated rings. The molecule has 13 heavy (non-hydrogen) atoms. The molecule has 0 saturated carbocycles. The second-order valence-electron chi connectivity index (χ2n) is 3.13. The van der Waals surface area contributed by atoms with E-state index in [2.05, 4.69) is 14.8 Å². The molecule has 4 nitrogen and oxygen atoms in total. The maximum Gasteiger partial charge on any atom is 0.172 e. The number of nitrogens with two attached hydrogens (primary N) is 1.